The maximum atomic E-state index is 13.9. The van der Waals surface area contributed by atoms with Gasteiger partial charge in [0, 0.05) is 11.1 Å². The fourth-order valence-corrected chi connectivity index (χ4v) is 2.06. The van der Waals surface area contributed by atoms with Gasteiger partial charge in [-0.25, -0.2) is 9.37 Å². The molecule has 0 atom stereocenters. The minimum Gasteiger partial charge on any atom is -0.545 e. The van der Waals surface area contributed by atoms with Gasteiger partial charge in [0.25, 0.3) is 0 Å². The first-order chi connectivity index (χ1) is 9.09. The predicted octanol–water partition coefficient (Wildman–Crippen LogP) is -2.41. The zero-order chi connectivity index (χ0) is 13.6. The number of hydrogen-bond acceptors (Lipinski definition) is 4. The van der Waals surface area contributed by atoms with Gasteiger partial charge in [-0.05, 0) is 6.07 Å². The zero-order valence-corrected chi connectivity index (χ0v) is 10.5. The molecule has 0 saturated carbocycles. The topological polar surface area (TPSA) is 67.2 Å². The van der Waals surface area contributed by atoms with Crippen LogP contribution in [0.2, 0.25) is 0 Å². The van der Waals surface area contributed by atoms with Gasteiger partial charge in [0.15, 0.2) is 11.6 Å². The summed E-state index contributed by atoms with van der Waals surface area (Å²) < 4.78 is 34.3. The number of carbonyl (C=O) groups is 1. The number of nitrogens with zero attached hydrogens (tertiary/aromatic N) is 2. The van der Waals surface area contributed by atoms with E-state index in [4.69, 9.17) is 4.74 Å². The predicted molar refractivity (Wildman–Crippen MR) is 57.4 cm³/mol. The summed E-state index contributed by atoms with van der Waals surface area (Å²) in [4.78, 5) is 14.7. The molecule has 0 saturated heterocycles. The molecular weight excluding hydrogens is 265 g/mol. The Bertz CT molecular complexity index is 688. The van der Waals surface area contributed by atoms with Crippen molar-refractivity contribution in [2.45, 2.75) is 6.54 Å². The van der Waals surface area contributed by atoms with Crippen LogP contribution in [0.25, 0.3) is 11.3 Å². The Balaban J connectivity index is 0.00000147. The van der Waals surface area contributed by atoms with E-state index in [9.17, 15) is 18.7 Å². The molecule has 20 heavy (non-hydrogen) atoms. The molecule has 0 amide bonds. The second-order valence-corrected chi connectivity index (χ2v) is 4.04. The number of aromatic nitrogens is 2. The Hall–Kier alpha value is -1.84. The third-order valence-corrected chi connectivity index (χ3v) is 2.95. The van der Waals surface area contributed by atoms with Gasteiger partial charge in [-0.2, -0.15) is 4.39 Å². The summed E-state index contributed by atoms with van der Waals surface area (Å²) in [5.74, 6) is -4.89. The zero-order valence-electron chi connectivity index (χ0n) is 10.5. The quantitative estimate of drug-likeness (QED) is 0.542. The summed E-state index contributed by atoms with van der Waals surface area (Å²) in [6.45, 7) is 0.545. The minimum absolute atomic E-state index is 0. The van der Waals surface area contributed by atoms with E-state index in [-0.39, 0.29) is 36.8 Å². The molecule has 2 aromatic rings. The third kappa shape index (κ3) is 2.09. The van der Waals surface area contributed by atoms with Gasteiger partial charge >= 0.3 is 18.9 Å². The van der Waals surface area contributed by atoms with E-state index in [0.29, 0.717) is 12.2 Å². The maximum Gasteiger partial charge on any atom is 1.00 e. The minimum atomic E-state index is -1.78. The Morgan fingerprint density at radius 3 is 2.85 bits per heavy atom. The first-order valence-electron chi connectivity index (χ1n) is 5.46. The number of carboxylic acid groups (broad SMARTS) is 1. The molecule has 0 bridgehead atoms. The van der Waals surface area contributed by atoms with E-state index < -0.39 is 23.2 Å². The van der Waals surface area contributed by atoms with Crippen LogP contribution >= 0.6 is 0 Å². The molecule has 0 aliphatic carbocycles. The third-order valence-electron chi connectivity index (χ3n) is 2.95. The molecule has 0 fully saturated rings. The molecule has 0 spiro atoms. The second kappa shape index (κ2) is 5.27. The van der Waals surface area contributed by atoms with Crippen LogP contribution in [-0.2, 0) is 6.54 Å². The summed E-state index contributed by atoms with van der Waals surface area (Å²) >= 11 is 0. The molecule has 0 N–H and O–H groups in total. The van der Waals surface area contributed by atoms with Gasteiger partial charge in [0.05, 0.1) is 30.7 Å². The fraction of sp³-hybridized carbons (Fsp3) is 0.167. The van der Waals surface area contributed by atoms with Gasteiger partial charge < -0.3 is 19.2 Å². The SMILES string of the molecule is O=C([O-])c1cc2c(c(F)c1F)OCCn1cncc1-2.[Li+]. The van der Waals surface area contributed by atoms with Crippen molar-refractivity contribution in [1.82, 2.24) is 9.55 Å². The molecule has 0 radical (unpaired) electrons. The number of imidazole rings is 1. The van der Waals surface area contributed by atoms with Crippen molar-refractivity contribution < 1.29 is 42.3 Å². The van der Waals surface area contributed by atoms with Crippen LogP contribution < -0.4 is 28.7 Å². The van der Waals surface area contributed by atoms with Crippen molar-refractivity contribution in [3.8, 4) is 17.0 Å². The van der Waals surface area contributed by atoms with Crippen LogP contribution in [0.4, 0.5) is 8.78 Å². The van der Waals surface area contributed by atoms with Gasteiger partial charge in [-0.15, -0.1) is 0 Å². The van der Waals surface area contributed by atoms with Crippen LogP contribution in [0.3, 0.4) is 0 Å². The van der Waals surface area contributed by atoms with Crippen LogP contribution in [0, 0.1) is 11.6 Å². The van der Waals surface area contributed by atoms with Crippen LogP contribution in [0.1, 0.15) is 10.4 Å². The molecule has 3 rings (SSSR count). The number of fused-ring (bicyclic) bond motifs is 3. The first kappa shape index (κ1) is 14.6. The smallest absolute Gasteiger partial charge is 0.545 e. The summed E-state index contributed by atoms with van der Waals surface area (Å²) in [5.41, 5.74) is -0.225. The summed E-state index contributed by atoms with van der Waals surface area (Å²) in [6, 6.07) is 1.00. The molecule has 8 heteroatoms. The molecule has 1 aromatic carbocycles. The first-order valence-corrected chi connectivity index (χ1v) is 5.46. The summed E-state index contributed by atoms with van der Waals surface area (Å²) in [5, 5.41) is 10.8. The van der Waals surface area contributed by atoms with E-state index in [0.717, 1.165) is 6.07 Å². The number of carboxylic acids is 1. The second-order valence-electron chi connectivity index (χ2n) is 4.04. The standard InChI is InChI=1S/C12H8F2N2O3.Li/c13-9-7(12(17)18)3-6-8-4-15-5-16(8)1-2-19-11(6)10(9)14;/h3-5H,1-2H2,(H,17,18);/q;+1/p-1. The monoisotopic (exact) mass is 272 g/mol. The van der Waals surface area contributed by atoms with Gasteiger partial charge in [0.2, 0.25) is 5.82 Å². The largest absolute Gasteiger partial charge is 1.00 e. The van der Waals surface area contributed by atoms with Crippen LogP contribution in [-0.4, -0.2) is 22.1 Å². The average molecular weight is 272 g/mol. The normalized spacial score (nSPS) is 12.5. The van der Waals surface area contributed by atoms with Crippen LogP contribution in [0.5, 0.6) is 5.75 Å². The Morgan fingerprint density at radius 1 is 1.40 bits per heavy atom. The molecule has 0 unspecified atom stereocenters. The van der Waals surface area contributed by atoms with Crippen molar-refractivity contribution in [3.05, 3.63) is 35.8 Å². The van der Waals surface area contributed by atoms with E-state index in [1.165, 1.54) is 12.5 Å². The van der Waals surface area contributed by atoms with Crippen LogP contribution in [0.15, 0.2) is 18.6 Å². The molecule has 1 aliphatic rings. The molecular formula is C12H7F2LiN2O3. The Kier molecular flexibility index (Phi) is 3.84. The van der Waals surface area contributed by atoms with E-state index >= 15 is 0 Å². The number of rotatable bonds is 1. The average Bonchev–Trinajstić information content (AvgIpc) is 2.76. The van der Waals surface area contributed by atoms with Crippen molar-refractivity contribution in [3.63, 3.8) is 0 Å². The van der Waals surface area contributed by atoms with E-state index in [2.05, 4.69) is 4.98 Å². The van der Waals surface area contributed by atoms with E-state index in [1.807, 2.05) is 0 Å². The number of hydrogen-bond donors (Lipinski definition) is 0. The van der Waals surface area contributed by atoms with Crippen molar-refractivity contribution >= 4 is 5.97 Å². The fourth-order valence-electron chi connectivity index (χ4n) is 2.06. The summed E-state index contributed by atoms with van der Waals surface area (Å²) in [6.07, 6.45) is 2.94. The van der Waals surface area contributed by atoms with Gasteiger partial charge in [-0.3, -0.25) is 0 Å². The molecule has 5 nitrogen and oxygen atoms in total. The molecule has 1 aromatic heterocycles. The molecule has 1 aliphatic heterocycles. The number of halogens is 2. The van der Waals surface area contributed by atoms with E-state index in [1.54, 1.807) is 4.57 Å². The maximum absolute atomic E-state index is 13.9. The number of aromatic carboxylic acids is 1. The van der Waals surface area contributed by atoms with Gasteiger partial charge in [0.1, 0.15) is 6.61 Å². The molecule has 2 heterocycles. The number of ether oxygens (including phenoxy) is 1. The number of benzene rings is 1. The summed E-state index contributed by atoms with van der Waals surface area (Å²) in [7, 11) is 0. The Labute approximate surface area is 124 Å². The van der Waals surface area contributed by atoms with Crippen molar-refractivity contribution in [1.29, 1.82) is 0 Å². The molecule has 98 valence electrons. The Morgan fingerprint density at radius 2 is 2.15 bits per heavy atom. The van der Waals surface area contributed by atoms with Crippen molar-refractivity contribution in [2.75, 3.05) is 6.61 Å². The van der Waals surface area contributed by atoms with Crippen molar-refractivity contribution in [2.24, 2.45) is 0 Å². The van der Waals surface area contributed by atoms with Gasteiger partial charge in [-0.1, -0.05) is 0 Å². The number of carbonyl (C=O) groups excluding carboxylic acids is 1.